The Morgan fingerprint density at radius 2 is 1.61 bits per heavy atom. The molecule has 3 rings (SSSR count). The van der Waals surface area contributed by atoms with Gasteiger partial charge in [0.15, 0.2) is 6.61 Å². The van der Waals surface area contributed by atoms with Crippen molar-refractivity contribution in [2.24, 2.45) is 0 Å². The normalized spacial score (nSPS) is 10.5. The van der Waals surface area contributed by atoms with E-state index in [4.69, 9.17) is 10.00 Å². The van der Waals surface area contributed by atoms with Crippen LogP contribution in [0.15, 0.2) is 83.8 Å². The molecule has 0 saturated carbocycles. The van der Waals surface area contributed by atoms with Crippen molar-refractivity contribution in [2.45, 2.75) is 4.90 Å². The van der Waals surface area contributed by atoms with E-state index in [0.717, 1.165) is 0 Å². The van der Waals surface area contributed by atoms with Crippen LogP contribution in [0.5, 0.6) is 0 Å². The Balaban J connectivity index is 1.61. The second-order valence-electron chi connectivity index (χ2n) is 6.32. The first-order valence-electron chi connectivity index (χ1n) is 9.02. The number of sulfonamides is 1. The van der Waals surface area contributed by atoms with E-state index in [1.54, 1.807) is 36.4 Å². The van der Waals surface area contributed by atoms with E-state index in [0.29, 0.717) is 11.3 Å². The SMILES string of the molecule is N#Cc1cccc(NC(=O)COC(=O)c2cccc(NS(=O)(=O)c3ccccc3)c2)c1. The fourth-order valence-corrected chi connectivity index (χ4v) is 3.67. The maximum atomic E-state index is 12.4. The van der Waals surface area contributed by atoms with Crippen LogP contribution >= 0.6 is 0 Å². The van der Waals surface area contributed by atoms with Gasteiger partial charge in [-0.2, -0.15) is 5.26 Å². The number of nitrogens with one attached hydrogen (secondary N) is 2. The van der Waals surface area contributed by atoms with Gasteiger partial charge in [-0.05, 0) is 48.5 Å². The third kappa shape index (κ3) is 5.91. The molecule has 8 nitrogen and oxygen atoms in total. The lowest BCUT2D eigenvalue weighted by molar-refractivity contribution is -0.119. The average Bonchev–Trinajstić information content (AvgIpc) is 2.78. The third-order valence-corrected chi connectivity index (χ3v) is 5.41. The summed E-state index contributed by atoms with van der Waals surface area (Å²) in [6.07, 6.45) is 0. The van der Waals surface area contributed by atoms with Crippen LogP contribution in [0.2, 0.25) is 0 Å². The van der Waals surface area contributed by atoms with Gasteiger partial charge in [-0.3, -0.25) is 9.52 Å². The molecule has 0 heterocycles. The van der Waals surface area contributed by atoms with Crippen molar-refractivity contribution in [1.82, 2.24) is 0 Å². The molecular weight excluding hydrogens is 418 g/mol. The molecule has 3 aromatic carbocycles. The lowest BCUT2D eigenvalue weighted by Crippen LogP contribution is -2.21. The molecule has 0 radical (unpaired) electrons. The molecule has 0 aliphatic heterocycles. The molecule has 0 aliphatic rings. The monoisotopic (exact) mass is 435 g/mol. The summed E-state index contributed by atoms with van der Waals surface area (Å²) in [5.41, 5.74) is 1.03. The molecule has 0 atom stereocenters. The first kappa shape index (κ1) is 21.5. The highest BCUT2D eigenvalue weighted by Crippen LogP contribution is 2.17. The molecule has 31 heavy (non-hydrogen) atoms. The highest BCUT2D eigenvalue weighted by Gasteiger charge is 2.16. The van der Waals surface area contributed by atoms with E-state index in [-0.39, 0.29) is 16.1 Å². The topological polar surface area (TPSA) is 125 Å². The first-order chi connectivity index (χ1) is 14.9. The number of hydrogen-bond donors (Lipinski definition) is 2. The Kier molecular flexibility index (Phi) is 6.64. The largest absolute Gasteiger partial charge is 0.452 e. The van der Waals surface area contributed by atoms with Gasteiger partial charge in [-0.15, -0.1) is 0 Å². The van der Waals surface area contributed by atoms with Gasteiger partial charge in [0.05, 0.1) is 22.1 Å². The van der Waals surface area contributed by atoms with E-state index in [2.05, 4.69) is 10.0 Å². The molecule has 0 saturated heterocycles. The number of hydrogen-bond acceptors (Lipinski definition) is 6. The fraction of sp³-hybridized carbons (Fsp3) is 0.0455. The van der Waals surface area contributed by atoms with E-state index < -0.39 is 28.5 Å². The molecule has 1 amide bonds. The summed E-state index contributed by atoms with van der Waals surface area (Å²) in [5.74, 6) is -1.37. The Labute approximate surface area is 179 Å². The number of nitriles is 1. The van der Waals surface area contributed by atoms with E-state index >= 15 is 0 Å². The fourth-order valence-electron chi connectivity index (χ4n) is 2.60. The molecule has 0 fully saturated rings. The van der Waals surface area contributed by atoms with E-state index in [9.17, 15) is 18.0 Å². The minimum absolute atomic E-state index is 0.0764. The minimum Gasteiger partial charge on any atom is -0.452 e. The van der Waals surface area contributed by atoms with Crippen LogP contribution in [0.1, 0.15) is 15.9 Å². The molecule has 3 aromatic rings. The zero-order valence-corrected chi connectivity index (χ0v) is 16.9. The van der Waals surface area contributed by atoms with Crippen molar-refractivity contribution in [3.63, 3.8) is 0 Å². The molecular formula is C22H17N3O5S. The number of amides is 1. The highest BCUT2D eigenvalue weighted by atomic mass is 32.2. The summed E-state index contributed by atoms with van der Waals surface area (Å²) in [5, 5.41) is 11.4. The van der Waals surface area contributed by atoms with Crippen LogP contribution in [0.3, 0.4) is 0 Å². The van der Waals surface area contributed by atoms with Crippen molar-refractivity contribution in [3.8, 4) is 6.07 Å². The zero-order valence-electron chi connectivity index (χ0n) is 16.1. The number of nitrogens with zero attached hydrogens (tertiary/aromatic N) is 1. The molecule has 0 bridgehead atoms. The second kappa shape index (κ2) is 9.56. The molecule has 0 spiro atoms. The lowest BCUT2D eigenvalue weighted by atomic mass is 10.2. The van der Waals surface area contributed by atoms with E-state index in [1.165, 1.54) is 42.5 Å². The molecule has 0 aliphatic carbocycles. The predicted molar refractivity (Wildman–Crippen MR) is 114 cm³/mol. The maximum absolute atomic E-state index is 12.4. The van der Waals surface area contributed by atoms with Crippen LogP contribution in [0.4, 0.5) is 11.4 Å². The lowest BCUT2D eigenvalue weighted by Gasteiger charge is -2.10. The standard InChI is InChI=1S/C22H17N3O5S/c23-14-16-6-4-8-18(12-16)24-21(26)15-30-22(27)17-7-5-9-19(13-17)25-31(28,29)20-10-2-1-3-11-20/h1-13,25H,15H2,(H,24,26). The number of anilines is 2. The number of rotatable bonds is 7. The Hall–Kier alpha value is -4.16. The highest BCUT2D eigenvalue weighted by molar-refractivity contribution is 7.92. The molecule has 0 unspecified atom stereocenters. The van der Waals surface area contributed by atoms with Crippen molar-refractivity contribution in [2.75, 3.05) is 16.6 Å². The number of carbonyl (C=O) groups is 2. The summed E-state index contributed by atoms with van der Waals surface area (Å²) in [4.78, 5) is 24.3. The Morgan fingerprint density at radius 3 is 2.35 bits per heavy atom. The molecule has 9 heteroatoms. The number of ether oxygens (including phenoxy) is 1. The minimum atomic E-state index is -3.81. The van der Waals surface area contributed by atoms with Crippen LogP contribution in [-0.4, -0.2) is 26.9 Å². The second-order valence-corrected chi connectivity index (χ2v) is 8.00. The van der Waals surface area contributed by atoms with Crippen LogP contribution in [-0.2, 0) is 19.6 Å². The van der Waals surface area contributed by atoms with Gasteiger partial charge in [-0.1, -0.05) is 30.3 Å². The molecule has 0 aromatic heterocycles. The van der Waals surface area contributed by atoms with Gasteiger partial charge in [0.2, 0.25) is 0 Å². The summed E-state index contributed by atoms with van der Waals surface area (Å²) in [6, 6.07) is 21.8. The number of benzene rings is 3. The number of carbonyl (C=O) groups excluding carboxylic acids is 2. The van der Waals surface area contributed by atoms with Gasteiger partial charge in [0.25, 0.3) is 15.9 Å². The summed E-state index contributed by atoms with van der Waals surface area (Å²) in [7, 11) is -3.81. The average molecular weight is 435 g/mol. The van der Waals surface area contributed by atoms with E-state index in [1.807, 2.05) is 6.07 Å². The zero-order chi connectivity index (χ0) is 22.3. The van der Waals surface area contributed by atoms with Crippen LogP contribution < -0.4 is 10.0 Å². The summed E-state index contributed by atoms with van der Waals surface area (Å²) < 4.78 is 32.2. The van der Waals surface area contributed by atoms with Gasteiger partial charge >= 0.3 is 5.97 Å². The third-order valence-electron chi connectivity index (χ3n) is 4.01. The quantitative estimate of drug-likeness (QED) is 0.549. The Bertz CT molecular complexity index is 1250. The van der Waals surface area contributed by atoms with Crippen LogP contribution in [0, 0.1) is 11.3 Å². The van der Waals surface area contributed by atoms with Crippen molar-refractivity contribution >= 4 is 33.3 Å². The van der Waals surface area contributed by atoms with Gasteiger partial charge in [0.1, 0.15) is 0 Å². The summed E-state index contributed by atoms with van der Waals surface area (Å²) >= 11 is 0. The summed E-state index contributed by atoms with van der Waals surface area (Å²) in [6.45, 7) is -0.546. The van der Waals surface area contributed by atoms with Crippen molar-refractivity contribution < 1.29 is 22.7 Å². The number of esters is 1. The predicted octanol–water partition coefficient (Wildman–Crippen LogP) is 3.15. The van der Waals surface area contributed by atoms with Gasteiger partial charge in [0, 0.05) is 11.4 Å². The Morgan fingerprint density at radius 1 is 0.903 bits per heavy atom. The maximum Gasteiger partial charge on any atom is 0.338 e. The molecule has 156 valence electrons. The smallest absolute Gasteiger partial charge is 0.338 e. The van der Waals surface area contributed by atoms with Gasteiger partial charge in [-0.25, -0.2) is 13.2 Å². The van der Waals surface area contributed by atoms with Crippen molar-refractivity contribution in [1.29, 1.82) is 5.26 Å². The molecule has 2 N–H and O–H groups in total. The first-order valence-corrected chi connectivity index (χ1v) is 10.5. The van der Waals surface area contributed by atoms with Gasteiger partial charge < -0.3 is 10.1 Å². The van der Waals surface area contributed by atoms with Crippen molar-refractivity contribution in [3.05, 3.63) is 90.0 Å². The van der Waals surface area contributed by atoms with Crippen LogP contribution in [0.25, 0.3) is 0 Å².